The van der Waals surface area contributed by atoms with Gasteiger partial charge in [0.05, 0.1) is 14.1 Å². The molecule has 0 saturated heterocycles. The maximum Gasteiger partial charge on any atom is 0.121 e. The molecule has 27 heavy (non-hydrogen) atoms. The van der Waals surface area contributed by atoms with Crippen molar-refractivity contribution < 1.29 is 5.11 Å². The maximum absolute atomic E-state index is 10.8. The fraction of sp³-hybridized carbons (Fsp3) is 0.304. The van der Waals surface area contributed by atoms with Crippen LogP contribution in [0.4, 0.5) is 0 Å². The monoisotopic (exact) mass is 376 g/mol. The predicted molar refractivity (Wildman–Crippen MR) is 116 cm³/mol. The zero-order valence-electron chi connectivity index (χ0n) is 16.4. The van der Waals surface area contributed by atoms with Crippen LogP contribution in [-0.2, 0) is 13.0 Å². The summed E-state index contributed by atoms with van der Waals surface area (Å²) in [5.74, 6) is 0.397. The largest absolute Gasteiger partial charge is 0.508 e. The number of aromatic hydroxyl groups is 1. The first-order chi connectivity index (χ1) is 12.9. The van der Waals surface area contributed by atoms with Gasteiger partial charge in [0.15, 0.2) is 0 Å². The van der Waals surface area contributed by atoms with E-state index in [0.29, 0.717) is 5.75 Å². The van der Waals surface area contributed by atoms with Crippen LogP contribution in [-0.4, -0.2) is 29.6 Å². The lowest BCUT2D eigenvalue weighted by atomic mass is 9.98. The molecule has 0 fully saturated rings. The number of nitrogens with zero attached hydrogens (tertiary/aromatic N) is 1. The molecule has 1 aliphatic rings. The minimum atomic E-state index is -1.35. The number of hydrogen-bond acceptors (Lipinski definition) is 2. The van der Waals surface area contributed by atoms with Crippen molar-refractivity contribution in [1.82, 2.24) is 9.88 Å². The quantitative estimate of drug-likeness (QED) is 0.598. The van der Waals surface area contributed by atoms with Crippen molar-refractivity contribution in [1.29, 1.82) is 0 Å². The van der Waals surface area contributed by atoms with E-state index in [-0.39, 0.29) is 6.04 Å². The summed E-state index contributed by atoms with van der Waals surface area (Å²) in [4.78, 5) is 5.89. The van der Waals surface area contributed by atoms with E-state index < -0.39 is 8.07 Å². The Morgan fingerprint density at radius 2 is 1.93 bits per heavy atom. The van der Waals surface area contributed by atoms with Gasteiger partial charge in [-0.25, -0.2) is 0 Å². The first-order valence-corrected chi connectivity index (χ1v) is 13.3. The van der Waals surface area contributed by atoms with E-state index in [0.717, 1.165) is 30.6 Å². The molecule has 0 spiro atoms. The minimum Gasteiger partial charge on any atom is -0.508 e. The summed E-state index contributed by atoms with van der Waals surface area (Å²) >= 11 is 0. The zero-order chi connectivity index (χ0) is 19.0. The van der Waals surface area contributed by atoms with E-state index in [1.807, 2.05) is 12.1 Å². The van der Waals surface area contributed by atoms with Crippen LogP contribution < -0.4 is 0 Å². The lowest BCUT2D eigenvalue weighted by molar-refractivity contribution is 0.225. The molecular formula is C23H28N2OSi. The lowest BCUT2D eigenvalue weighted by Crippen LogP contribution is -2.29. The zero-order valence-corrected chi connectivity index (χ0v) is 17.4. The fourth-order valence-electron chi connectivity index (χ4n) is 3.99. The summed E-state index contributed by atoms with van der Waals surface area (Å²) in [6.45, 7) is 8.90. The molecule has 2 heterocycles. The smallest absolute Gasteiger partial charge is 0.121 e. The second-order valence-electron chi connectivity index (χ2n) is 8.61. The average molecular weight is 377 g/mol. The Morgan fingerprint density at radius 3 is 2.67 bits per heavy atom. The Hall–Kier alpha value is -2.30. The molecule has 0 amide bonds. The van der Waals surface area contributed by atoms with Crippen molar-refractivity contribution in [2.45, 2.75) is 38.6 Å². The second-order valence-corrected chi connectivity index (χ2v) is 13.7. The molecule has 0 bridgehead atoms. The van der Waals surface area contributed by atoms with E-state index in [4.69, 9.17) is 0 Å². The van der Waals surface area contributed by atoms with Crippen molar-refractivity contribution in [2.24, 2.45) is 0 Å². The molecule has 140 valence electrons. The molecule has 1 unspecified atom stereocenters. The van der Waals surface area contributed by atoms with Crippen LogP contribution in [0.3, 0.4) is 0 Å². The van der Waals surface area contributed by atoms with Gasteiger partial charge in [0.2, 0.25) is 0 Å². The first-order valence-electron chi connectivity index (χ1n) is 9.71. The number of aromatic amines is 1. The van der Waals surface area contributed by atoms with Crippen LogP contribution >= 0.6 is 0 Å². The molecule has 4 heteroatoms. The fourth-order valence-corrected chi connectivity index (χ4v) is 4.75. The number of aromatic nitrogens is 1. The highest BCUT2D eigenvalue weighted by Crippen LogP contribution is 2.41. The van der Waals surface area contributed by atoms with Crippen molar-refractivity contribution in [3.63, 3.8) is 0 Å². The summed E-state index contributed by atoms with van der Waals surface area (Å²) in [7, 11) is -1.35. The van der Waals surface area contributed by atoms with Gasteiger partial charge in [-0.3, -0.25) is 4.90 Å². The molecule has 0 radical (unpaired) electrons. The van der Waals surface area contributed by atoms with E-state index in [1.165, 1.54) is 16.5 Å². The molecule has 3 aromatic rings. The number of H-pyrrole nitrogens is 1. The molecule has 2 aromatic carbocycles. The number of phenols is 1. The van der Waals surface area contributed by atoms with E-state index >= 15 is 0 Å². The van der Waals surface area contributed by atoms with Gasteiger partial charge in [-0.1, -0.05) is 61.7 Å². The third-order valence-corrected chi connectivity index (χ3v) is 6.50. The Morgan fingerprint density at radius 1 is 1.15 bits per heavy atom. The number of hydrogen-bond donors (Lipinski definition) is 2. The van der Waals surface area contributed by atoms with Gasteiger partial charge in [-0.2, -0.15) is 0 Å². The number of nitrogens with one attached hydrogen (secondary N) is 1. The van der Waals surface area contributed by atoms with Crippen LogP contribution in [0.25, 0.3) is 10.9 Å². The second kappa shape index (κ2) is 7.02. The van der Waals surface area contributed by atoms with Crippen molar-refractivity contribution in [2.75, 3.05) is 6.54 Å². The average Bonchev–Trinajstić information content (AvgIpc) is 2.96. The molecule has 3 nitrogen and oxygen atoms in total. The molecular weight excluding hydrogens is 348 g/mol. The van der Waals surface area contributed by atoms with Crippen molar-refractivity contribution >= 4 is 19.0 Å². The van der Waals surface area contributed by atoms with Gasteiger partial charge < -0.3 is 10.1 Å². The van der Waals surface area contributed by atoms with Crippen LogP contribution in [0.5, 0.6) is 5.75 Å². The molecule has 1 aliphatic heterocycles. The summed E-state index contributed by atoms with van der Waals surface area (Å²) < 4.78 is 0. The highest BCUT2D eigenvalue weighted by atomic mass is 28.3. The van der Waals surface area contributed by atoms with Gasteiger partial charge >= 0.3 is 0 Å². The minimum absolute atomic E-state index is 0.0812. The van der Waals surface area contributed by atoms with Gasteiger partial charge in [0.25, 0.3) is 0 Å². The SMILES string of the molecule is C[Si](C)(C)/C=C/C1c2c(O)ccc3[nH]cc(c23)CCN1Cc1ccccc1. The third kappa shape index (κ3) is 3.73. The van der Waals surface area contributed by atoms with Crippen LogP contribution in [0.1, 0.15) is 22.7 Å². The van der Waals surface area contributed by atoms with E-state index in [2.05, 4.69) is 77.8 Å². The Labute approximate surface area is 162 Å². The van der Waals surface area contributed by atoms with Crippen molar-refractivity contribution in [3.05, 3.63) is 77.1 Å². The first kappa shape index (κ1) is 18.1. The summed E-state index contributed by atoms with van der Waals surface area (Å²) in [5.41, 5.74) is 7.19. The molecule has 0 aliphatic carbocycles. The number of phenolic OH excluding ortho intramolecular Hbond substituents is 1. The van der Waals surface area contributed by atoms with Gasteiger partial charge in [-0.15, -0.1) is 0 Å². The van der Waals surface area contributed by atoms with Crippen LogP contribution in [0.15, 0.2) is 60.4 Å². The van der Waals surface area contributed by atoms with E-state index in [9.17, 15) is 5.11 Å². The van der Waals surface area contributed by atoms with E-state index in [1.54, 1.807) is 0 Å². The normalized spacial score (nSPS) is 18.3. The Kier molecular flexibility index (Phi) is 4.70. The summed E-state index contributed by atoms with van der Waals surface area (Å²) in [6.07, 6.45) is 5.44. The molecule has 1 aromatic heterocycles. The summed E-state index contributed by atoms with van der Waals surface area (Å²) in [5, 5.41) is 12.0. The topological polar surface area (TPSA) is 39.3 Å². The highest BCUT2D eigenvalue weighted by molar-refractivity contribution is 6.80. The number of benzene rings is 2. The Bertz CT molecular complexity index is 969. The third-order valence-electron chi connectivity index (χ3n) is 5.31. The van der Waals surface area contributed by atoms with Gasteiger partial charge in [-0.05, 0) is 29.7 Å². The predicted octanol–water partition coefficient (Wildman–Crippen LogP) is 5.41. The lowest BCUT2D eigenvalue weighted by Gasteiger charge is -2.30. The molecule has 1 atom stereocenters. The van der Waals surface area contributed by atoms with Crippen LogP contribution in [0.2, 0.25) is 19.6 Å². The Balaban J connectivity index is 1.83. The standard InChI is InChI=1S/C23H28N2OSi/c1-27(2,3)14-12-20-23-21(26)10-9-19-22(23)18(15-24-19)11-13-25(20)16-17-7-5-4-6-8-17/h4-10,12,14-15,20,24,26H,11,13,16H2,1-3H3/b14-12+. The molecule has 2 N–H and O–H groups in total. The van der Waals surface area contributed by atoms with Gasteiger partial charge in [0, 0.05) is 35.8 Å². The molecule has 4 rings (SSSR count). The van der Waals surface area contributed by atoms with Crippen molar-refractivity contribution in [3.8, 4) is 5.75 Å². The molecule has 0 saturated carbocycles. The van der Waals surface area contributed by atoms with Gasteiger partial charge in [0.1, 0.15) is 5.75 Å². The number of rotatable bonds is 4. The van der Waals surface area contributed by atoms with Crippen LogP contribution in [0, 0.1) is 0 Å². The summed E-state index contributed by atoms with van der Waals surface area (Å²) in [6, 6.07) is 14.5. The maximum atomic E-state index is 10.8. The highest BCUT2D eigenvalue weighted by Gasteiger charge is 2.28.